The Hall–Kier alpha value is -1.16. The van der Waals surface area contributed by atoms with Crippen LogP contribution in [0.3, 0.4) is 0 Å². The van der Waals surface area contributed by atoms with Crippen LogP contribution in [0.4, 0.5) is 0 Å². The van der Waals surface area contributed by atoms with E-state index in [-0.39, 0.29) is 6.42 Å². The molecule has 0 rings (SSSR count). The number of aliphatic carboxylic acids is 1. The normalized spacial score (nSPS) is 12.1. The van der Waals surface area contributed by atoms with Gasteiger partial charge in [-0.15, -0.1) is 6.58 Å². The molecule has 2 N–H and O–H groups in total. The molecular weight excluding hydrogens is 148 g/mol. The molecule has 0 aromatic rings. The predicted molar refractivity (Wildman–Crippen MR) is 38.1 cm³/mol. The van der Waals surface area contributed by atoms with Gasteiger partial charge in [0.05, 0.1) is 0 Å². The van der Waals surface area contributed by atoms with Crippen molar-refractivity contribution in [3.8, 4) is 0 Å². The lowest BCUT2D eigenvalue weighted by molar-refractivity contribution is -0.153. The topological polar surface area (TPSA) is 74.6 Å². The first-order chi connectivity index (χ1) is 5.09. The van der Waals surface area contributed by atoms with Crippen molar-refractivity contribution < 1.29 is 19.8 Å². The number of hydrogen-bond donors (Lipinski definition) is 2. The largest absolute Gasteiger partial charge is 0.475 e. The van der Waals surface area contributed by atoms with Crippen LogP contribution in [0.25, 0.3) is 0 Å². The number of hydrogen-bond acceptors (Lipinski definition) is 3. The van der Waals surface area contributed by atoms with E-state index in [2.05, 4.69) is 6.58 Å². The van der Waals surface area contributed by atoms with Crippen LogP contribution in [-0.2, 0) is 9.59 Å². The summed E-state index contributed by atoms with van der Waals surface area (Å²) in [6.07, 6.45) is 0.665. The summed E-state index contributed by atoms with van der Waals surface area (Å²) >= 11 is 0. The summed E-state index contributed by atoms with van der Waals surface area (Å²) in [5, 5.41) is 17.0. The minimum Gasteiger partial charge on any atom is -0.475 e. The first-order valence-electron chi connectivity index (χ1n) is 3.15. The molecule has 62 valence electrons. The zero-order chi connectivity index (χ0) is 8.85. The third kappa shape index (κ3) is 3.52. The van der Waals surface area contributed by atoms with Gasteiger partial charge >= 0.3 is 5.97 Å². The highest BCUT2D eigenvalue weighted by molar-refractivity contribution is 6.34. The van der Waals surface area contributed by atoms with Crippen molar-refractivity contribution in [1.29, 1.82) is 0 Å². The van der Waals surface area contributed by atoms with E-state index in [4.69, 9.17) is 10.2 Å². The molecule has 0 fully saturated rings. The van der Waals surface area contributed by atoms with Crippen LogP contribution in [0.1, 0.15) is 12.8 Å². The molecule has 0 amide bonds. The van der Waals surface area contributed by atoms with Crippen LogP contribution < -0.4 is 0 Å². The van der Waals surface area contributed by atoms with E-state index in [0.29, 0.717) is 6.42 Å². The molecule has 0 spiro atoms. The molecule has 0 aromatic heterocycles. The summed E-state index contributed by atoms with van der Waals surface area (Å²) in [6.45, 7) is 3.37. The van der Waals surface area contributed by atoms with E-state index in [1.165, 1.54) is 6.08 Å². The first-order valence-corrected chi connectivity index (χ1v) is 3.15. The lowest BCUT2D eigenvalue weighted by atomic mass is 10.1. The van der Waals surface area contributed by atoms with Gasteiger partial charge in [-0.25, -0.2) is 4.79 Å². The number of Topliss-reactive ketones (excluding diaryl/α,β-unsaturated/α-hetero) is 1. The van der Waals surface area contributed by atoms with E-state index < -0.39 is 17.9 Å². The Kier molecular flexibility index (Phi) is 4.14. The number of carboxylic acid groups (broad SMARTS) is 1. The van der Waals surface area contributed by atoms with E-state index in [9.17, 15) is 9.59 Å². The second-order valence-corrected chi connectivity index (χ2v) is 2.05. The zero-order valence-electron chi connectivity index (χ0n) is 5.99. The van der Waals surface area contributed by atoms with Gasteiger partial charge in [-0.2, -0.15) is 0 Å². The third-order valence-electron chi connectivity index (χ3n) is 1.16. The summed E-state index contributed by atoms with van der Waals surface area (Å²) in [4.78, 5) is 20.4. The van der Waals surface area contributed by atoms with Gasteiger partial charge in [0, 0.05) is 0 Å². The summed E-state index contributed by atoms with van der Waals surface area (Å²) in [5.74, 6) is -2.76. The molecule has 0 saturated heterocycles. The molecule has 0 aliphatic carbocycles. The maximum Gasteiger partial charge on any atom is 0.374 e. The number of aliphatic hydroxyl groups is 1. The van der Waals surface area contributed by atoms with Crippen LogP contribution in [0.5, 0.6) is 0 Å². The molecule has 0 aromatic carbocycles. The lowest BCUT2D eigenvalue weighted by Gasteiger charge is -2.02. The fraction of sp³-hybridized carbons (Fsp3) is 0.429. The maximum atomic E-state index is 10.5. The second-order valence-electron chi connectivity index (χ2n) is 2.05. The summed E-state index contributed by atoms with van der Waals surface area (Å²) < 4.78 is 0. The highest BCUT2D eigenvalue weighted by Gasteiger charge is 2.20. The Morgan fingerprint density at radius 3 is 2.45 bits per heavy atom. The molecule has 11 heavy (non-hydrogen) atoms. The third-order valence-corrected chi connectivity index (χ3v) is 1.16. The van der Waals surface area contributed by atoms with Gasteiger partial charge < -0.3 is 10.2 Å². The fourth-order valence-electron chi connectivity index (χ4n) is 0.549. The van der Waals surface area contributed by atoms with Crippen LogP contribution in [0, 0.1) is 0 Å². The van der Waals surface area contributed by atoms with Crippen molar-refractivity contribution in [1.82, 2.24) is 0 Å². The van der Waals surface area contributed by atoms with E-state index in [0.717, 1.165) is 0 Å². The molecule has 1 unspecified atom stereocenters. The number of aliphatic hydroxyl groups excluding tert-OH is 1. The number of carbonyl (C=O) groups is 2. The summed E-state index contributed by atoms with van der Waals surface area (Å²) in [6, 6.07) is 0. The molecule has 4 nitrogen and oxygen atoms in total. The molecule has 0 radical (unpaired) electrons. The van der Waals surface area contributed by atoms with Crippen LogP contribution >= 0.6 is 0 Å². The zero-order valence-corrected chi connectivity index (χ0v) is 5.99. The van der Waals surface area contributed by atoms with Crippen molar-refractivity contribution >= 4 is 11.8 Å². The molecule has 0 aliphatic heterocycles. The molecule has 1 atom stereocenters. The standard InChI is InChI=1S/C7H10O4/c1-2-3-4-5(8)6(9)7(10)11/h2,5,8H,1,3-4H2,(H,10,11). The molecule has 0 saturated carbocycles. The van der Waals surface area contributed by atoms with E-state index in [1.807, 2.05) is 0 Å². The molecular formula is C7H10O4. The second kappa shape index (κ2) is 4.62. The van der Waals surface area contributed by atoms with Gasteiger partial charge in [0.15, 0.2) is 0 Å². The Morgan fingerprint density at radius 1 is 1.55 bits per heavy atom. The lowest BCUT2D eigenvalue weighted by Crippen LogP contribution is -2.27. The van der Waals surface area contributed by atoms with Gasteiger partial charge in [0.1, 0.15) is 6.10 Å². The van der Waals surface area contributed by atoms with Crippen molar-refractivity contribution in [2.45, 2.75) is 18.9 Å². The van der Waals surface area contributed by atoms with Gasteiger partial charge in [0.25, 0.3) is 5.78 Å². The average molecular weight is 158 g/mol. The van der Waals surface area contributed by atoms with E-state index >= 15 is 0 Å². The number of carbonyl (C=O) groups excluding carboxylic acids is 1. The maximum absolute atomic E-state index is 10.5. The average Bonchev–Trinajstić information content (AvgIpc) is 1.98. The monoisotopic (exact) mass is 158 g/mol. The molecule has 0 aliphatic rings. The first kappa shape index (κ1) is 9.84. The Bertz CT molecular complexity index is 173. The van der Waals surface area contributed by atoms with E-state index in [1.54, 1.807) is 0 Å². The van der Waals surface area contributed by atoms with Crippen molar-refractivity contribution in [3.05, 3.63) is 12.7 Å². The SMILES string of the molecule is C=CCCC(O)C(=O)C(=O)O. The Morgan fingerprint density at radius 2 is 2.09 bits per heavy atom. The highest BCUT2D eigenvalue weighted by atomic mass is 16.4. The summed E-state index contributed by atoms with van der Waals surface area (Å²) in [7, 11) is 0. The van der Waals surface area contributed by atoms with Crippen LogP contribution in [-0.4, -0.2) is 28.1 Å². The number of rotatable bonds is 5. The van der Waals surface area contributed by atoms with Crippen molar-refractivity contribution in [2.24, 2.45) is 0 Å². The van der Waals surface area contributed by atoms with Crippen molar-refractivity contribution in [3.63, 3.8) is 0 Å². The minimum absolute atomic E-state index is 0.120. The summed E-state index contributed by atoms with van der Waals surface area (Å²) in [5.41, 5.74) is 0. The quantitative estimate of drug-likeness (QED) is 0.435. The smallest absolute Gasteiger partial charge is 0.374 e. The minimum atomic E-state index is -1.60. The molecule has 0 bridgehead atoms. The van der Waals surface area contributed by atoms with Gasteiger partial charge in [-0.1, -0.05) is 6.08 Å². The van der Waals surface area contributed by atoms with Gasteiger partial charge in [-0.3, -0.25) is 4.79 Å². The molecule has 4 heteroatoms. The van der Waals surface area contributed by atoms with Crippen molar-refractivity contribution in [2.75, 3.05) is 0 Å². The van der Waals surface area contributed by atoms with Gasteiger partial charge in [0.2, 0.25) is 0 Å². The fourth-order valence-corrected chi connectivity index (χ4v) is 0.549. The van der Waals surface area contributed by atoms with Crippen LogP contribution in [0.15, 0.2) is 12.7 Å². The predicted octanol–water partition coefficient (Wildman–Crippen LogP) is -0.0328. The highest BCUT2D eigenvalue weighted by Crippen LogP contribution is 1.98. The Labute approximate surface area is 64.2 Å². The number of allylic oxidation sites excluding steroid dienone is 1. The van der Waals surface area contributed by atoms with Gasteiger partial charge in [-0.05, 0) is 12.8 Å². The number of carboxylic acids is 1. The number of ketones is 1. The Balaban J connectivity index is 3.82. The molecule has 0 heterocycles. The van der Waals surface area contributed by atoms with Crippen LogP contribution in [0.2, 0.25) is 0 Å².